The van der Waals surface area contributed by atoms with Crippen molar-refractivity contribution in [1.29, 1.82) is 0 Å². The van der Waals surface area contributed by atoms with Crippen molar-refractivity contribution in [3.63, 3.8) is 0 Å². The summed E-state index contributed by atoms with van der Waals surface area (Å²) >= 11 is 1.60. The lowest BCUT2D eigenvalue weighted by atomic mass is 9.99. The number of anilines is 2. The minimum absolute atomic E-state index is 0.0258. The van der Waals surface area contributed by atoms with Gasteiger partial charge in [-0.3, -0.25) is 9.69 Å². The Bertz CT molecular complexity index is 1150. The summed E-state index contributed by atoms with van der Waals surface area (Å²) in [6, 6.07) is 14.9. The van der Waals surface area contributed by atoms with Crippen LogP contribution in [-0.2, 0) is 11.2 Å². The van der Waals surface area contributed by atoms with E-state index in [-0.39, 0.29) is 5.91 Å². The van der Waals surface area contributed by atoms with Crippen LogP contribution in [0.1, 0.15) is 31.4 Å². The fraction of sp³-hybridized carbons (Fsp3) is 0.360. The van der Waals surface area contributed by atoms with Crippen molar-refractivity contribution in [1.82, 2.24) is 9.27 Å². The molecule has 0 bridgehead atoms. The molecule has 6 heteroatoms. The summed E-state index contributed by atoms with van der Waals surface area (Å²) in [4.78, 5) is 17.2. The van der Waals surface area contributed by atoms with Crippen LogP contribution in [0, 0.1) is 0 Å². The minimum Gasteiger partial charge on any atom is -0.353 e. The maximum atomic E-state index is 12.2. The Morgan fingerprint density at radius 2 is 1.90 bits per heavy atom. The molecule has 0 saturated carbocycles. The number of carbonyl (C=O) groups excluding carboxylic acids is 1. The molecule has 0 radical (unpaired) electrons. The first-order valence-corrected chi connectivity index (χ1v) is 11.8. The summed E-state index contributed by atoms with van der Waals surface area (Å²) in [5.41, 5.74) is 5.21. The van der Waals surface area contributed by atoms with Gasteiger partial charge in [-0.1, -0.05) is 23.8 Å². The lowest BCUT2D eigenvalue weighted by Gasteiger charge is -2.35. The maximum absolute atomic E-state index is 12.2. The zero-order chi connectivity index (χ0) is 21.4. The van der Waals surface area contributed by atoms with E-state index in [2.05, 4.69) is 57.6 Å². The van der Waals surface area contributed by atoms with E-state index in [1.165, 1.54) is 15.6 Å². The average Bonchev–Trinajstić information content (AvgIpc) is 3.34. The zero-order valence-corrected chi connectivity index (χ0v) is 19.0. The Morgan fingerprint density at radius 1 is 1.10 bits per heavy atom. The van der Waals surface area contributed by atoms with Crippen molar-refractivity contribution < 1.29 is 4.79 Å². The minimum atomic E-state index is 0.0258. The molecule has 3 heterocycles. The van der Waals surface area contributed by atoms with Crippen LogP contribution in [0.5, 0.6) is 0 Å². The lowest BCUT2D eigenvalue weighted by Crippen LogP contribution is -2.46. The Labute approximate surface area is 187 Å². The number of amides is 1. The fourth-order valence-electron chi connectivity index (χ4n) is 4.66. The van der Waals surface area contributed by atoms with Crippen LogP contribution >= 0.6 is 11.5 Å². The summed E-state index contributed by atoms with van der Waals surface area (Å²) in [5, 5.41) is 4.26. The van der Waals surface area contributed by atoms with E-state index >= 15 is 0 Å². The summed E-state index contributed by atoms with van der Waals surface area (Å²) < 4.78 is 5.98. The van der Waals surface area contributed by atoms with Crippen LogP contribution in [0.15, 0.2) is 48.0 Å². The van der Waals surface area contributed by atoms with Gasteiger partial charge in [-0.15, -0.1) is 0 Å². The highest BCUT2D eigenvalue weighted by Crippen LogP contribution is 2.34. The van der Waals surface area contributed by atoms with Gasteiger partial charge in [-0.05, 0) is 74.6 Å². The zero-order valence-electron chi connectivity index (χ0n) is 18.1. The van der Waals surface area contributed by atoms with Crippen LogP contribution in [0.2, 0.25) is 0 Å². The molecule has 2 aliphatic rings. The summed E-state index contributed by atoms with van der Waals surface area (Å²) in [7, 11) is 0. The van der Waals surface area contributed by atoms with Gasteiger partial charge in [0, 0.05) is 48.4 Å². The Hall–Kier alpha value is -2.70. The van der Waals surface area contributed by atoms with Gasteiger partial charge >= 0.3 is 0 Å². The number of rotatable bonds is 5. The van der Waals surface area contributed by atoms with E-state index in [4.69, 9.17) is 4.37 Å². The molecule has 0 spiro atoms. The topological polar surface area (TPSA) is 48.5 Å². The van der Waals surface area contributed by atoms with Crippen molar-refractivity contribution >= 4 is 44.6 Å². The quantitative estimate of drug-likeness (QED) is 0.589. The van der Waals surface area contributed by atoms with E-state index in [9.17, 15) is 4.79 Å². The van der Waals surface area contributed by atoms with Crippen LogP contribution in [-0.4, -0.2) is 47.9 Å². The number of hydrogen-bond acceptors (Lipinski definition) is 5. The molecule has 3 aromatic rings. The predicted molar refractivity (Wildman–Crippen MR) is 130 cm³/mol. The molecule has 0 atom stereocenters. The highest BCUT2D eigenvalue weighted by molar-refractivity contribution is 7.13. The molecular formula is C25H28N4OS. The fourth-order valence-corrected chi connectivity index (χ4v) is 5.45. The summed E-state index contributed by atoms with van der Waals surface area (Å²) in [5.74, 6) is 1.18. The Morgan fingerprint density at radius 3 is 2.71 bits per heavy atom. The summed E-state index contributed by atoms with van der Waals surface area (Å²) in [6.45, 7) is 9.34. The molecule has 160 valence electrons. The monoisotopic (exact) mass is 432 g/mol. The molecule has 1 N–H and O–H groups in total. The number of nitrogens with zero attached hydrogens (tertiary/aromatic N) is 3. The average molecular weight is 433 g/mol. The van der Waals surface area contributed by atoms with Gasteiger partial charge < -0.3 is 10.2 Å². The first-order valence-electron chi connectivity index (χ1n) is 11.0. The second-order valence-corrected chi connectivity index (χ2v) is 9.45. The number of aryl methyl sites for hydroxylation is 1. The molecule has 2 aliphatic heterocycles. The van der Waals surface area contributed by atoms with Gasteiger partial charge in [-0.2, -0.15) is 4.37 Å². The second kappa shape index (κ2) is 8.44. The largest absolute Gasteiger partial charge is 0.353 e. The van der Waals surface area contributed by atoms with Crippen LogP contribution in [0.3, 0.4) is 0 Å². The molecular weight excluding hydrogens is 404 g/mol. The van der Waals surface area contributed by atoms with Crippen molar-refractivity contribution in [2.24, 2.45) is 0 Å². The van der Waals surface area contributed by atoms with Gasteiger partial charge in [0.05, 0.1) is 4.70 Å². The third-order valence-electron chi connectivity index (χ3n) is 6.30. The predicted octanol–water partition coefficient (Wildman–Crippen LogP) is 4.80. The highest BCUT2D eigenvalue weighted by atomic mass is 32.1. The first-order chi connectivity index (χ1) is 15.1. The van der Waals surface area contributed by atoms with Crippen LogP contribution in [0.4, 0.5) is 11.5 Å². The van der Waals surface area contributed by atoms with Gasteiger partial charge in [0.1, 0.15) is 5.82 Å². The molecule has 1 saturated heterocycles. The van der Waals surface area contributed by atoms with E-state index in [0.29, 0.717) is 0 Å². The molecule has 2 aromatic carbocycles. The molecule has 5 nitrogen and oxygen atoms in total. The van der Waals surface area contributed by atoms with Crippen molar-refractivity contribution in [2.75, 3.05) is 42.9 Å². The Balaban J connectivity index is 1.15. The van der Waals surface area contributed by atoms with Crippen LogP contribution < -0.4 is 10.2 Å². The van der Waals surface area contributed by atoms with E-state index < -0.39 is 0 Å². The number of aromatic nitrogens is 1. The molecule has 1 amide bonds. The third kappa shape index (κ3) is 3.98. The van der Waals surface area contributed by atoms with Crippen molar-refractivity contribution in [3.8, 4) is 0 Å². The standard InChI is InChI=1S/C25H28N4OS/c1-17(2)23-20-16-18(9-10-21(20)26-25(23)30)6-5-11-28-12-14-29(15-13-28)24-19-7-3-4-8-22(19)31-27-24/h3-4,7-10,16H,5-6,11-15H2,1-2H3,(H,26,30). The molecule has 31 heavy (non-hydrogen) atoms. The number of piperazine rings is 1. The number of hydrogen-bond donors (Lipinski definition) is 1. The normalized spacial score (nSPS) is 16.6. The highest BCUT2D eigenvalue weighted by Gasteiger charge is 2.25. The molecule has 5 rings (SSSR count). The molecule has 0 aliphatic carbocycles. The first kappa shape index (κ1) is 20.2. The number of benzene rings is 2. The smallest absolute Gasteiger partial charge is 0.256 e. The van der Waals surface area contributed by atoms with Gasteiger partial charge in [-0.25, -0.2) is 0 Å². The van der Waals surface area contributed by atoms with Gasteiger partial charge in [0.25, 0.3) is 5.91 Å². The molecule has 1 aromatic heterocycles. The lowest BCUT2D eigenvalue weighted by molar-refractivity contribution is -0.110. The van der Waals surface area contributed by atoms with Crippen molar-refractivity contribution in [2.45, 2.75) is 26.7 Å². The van der Waals surface area contributed by atoms with Gasteiger partial charge in [0.15, 0.2) is 0 Å². The number of allylic oxidation sites excluding steroid dienone is 1. The van der Waals surface area contributed by atoms with E-state index in [1.54, 1.807) is 11.5 Å². The maximum Gasteiger partial charge on any atom is 0.256 e. The SMILES string of the molecule is CC(C)=C1C(=O)Nc2ccc(CCCN3CCN(c4nsc5ccccc45)CC3)cc21. The number of carbonyl (C=O) groups is 1. The Kier molecular flexibility index (Phi) is 5.50. The van der Waals surface area contributed by atoms with Gasteiger partial charge in [0.2, 0.25) is 0 Å². The second-order valence-electron chi connectivity index (χ2n) is 8.64. The van der Waals surface area contributed by atoms with E-state index in [1.807, 2.05) is 13.8 Å². The summed E-state index contributed by atoms with van der Waals surface area (Å²) in [6.07, 6.45) is 2.17. The number of fused-ring (bicyclic) bond motifs is 2. The third-order valence-corrected chi connectivity index (χ3v) is 7.12. The number of nitrogens with one attached hydrogen (secondary N) is 1. The molecule has 0 unspecified atom stereocenters. The van der Waals surface area contributed by atoms with E-state index in [0.717, 1.165) is 73.8 Å². The van der Waals surface area contributed by atoms with Crippen LogP contribution in [0.25, 0.3) is 15.7 Å². The molecule has 1 fully saturated rings. The van der Waals surface area contributed by atoms with Crippen molar-refractivity contribution in [3.05, 3.63) is 59.2 Å².